The van der Waals surface area contributed by atoms with Crippen molar-refractivity contribution in [3.8, 4) is 0 Å². The number of imidazole rings is 1. The maximum absolute atomic E-state index is 12.0. The summed E-state index contributed by atoms with van der Waals surface area (Å²) in [5, 5.41) is 0. The quantitative estimate of drug-likeness (QED) is 0.810. The van der Waals surface area contributed by atoms with E-state index in [9.17, 15) is 4.79 Å². The molecule has 122 valence electrons. The molecule has 0 aromatic carbocycles. The summed E-state index contributed by atoms with van der Waals surface area (Å²) in [6, 6.07) is 0. The molecular formula is C17H27N3O2. The molecule has 1 aromatic rings. The van der Waals surface area contributed by atoms with E-state index < -0.39 is 0 Å². The number of piperidine rings is 1. The van der Waals surface area contributed by atoms with Crippen LogP contribution in [0.2, 0.25) is 0 Å². The Morgan fingerprint density at radius 3 is 2.68 bits per heavy atom. The van der Waals surface area contributed by atoms with Gasteiger partial charge in [-0.2, -0.15) is 0 Å². The fourth-order valence-corrected chi connectivity index (χ4v) is 3.36. The normalized spacial score (nSPS) is 19.6. The molecule has 0 atom stereocenters. The number of aryl methyl sites for hydroxylation is 1. The van der Waals surface area contributed by atoms with Crippen LogP contribution in [-0.4, -0.2) is 47.2 Å². The van der Waals surface area contributed by atoms with Gasteiger partial charge in [0.1, 0.15) is 5.82 Å². The third-order valence-electron chi connectivity index (χ3n) is 4.96. The van der Waals surface area contributed by atoms with Crippen molar-refractivity contribution in [1.29, 1.82) is 0 Å². The Labute approximate surface area is 132 Å². The number of carbonyl (C=O) groups excluding carboxylic acids is 1. The molecule has 0 radical (unpaired) electrons. The zero-order valence-electron chi connectivity index (χ0n) is 13.8. The SMILES string of the molecule is COCCC(=O)N1CCC(Cn2c(C)cnc2C2CC2)CC1. The lowest BCUT2D eigenvalue weighted by molar-refractivity contribution is -0.133. The molecule has 1 amide bonds. The van der Waals surface area contributed by atoms with Gasteiger partial charge in [-0.05, 0) is 38.5 Å². The van der Waals surface area contributed by atoms with Gasteiger partial charge in [0.25, 0.3) is 0 Å². The van der Waals surface area contributed by atoms with Crippen molar-refractivity contribution in [2.75, 3.05) is 26.8 Å². The molecule has 1 saturated heterocycles. The molecule has 3 rings (SSSR count). The van der Waals surface area contributed by atoms with Crippen LogP contribution in [0.4, 0.5) is 0 Å². The molecule has 2 aliphatic rings. The lowest BCUT2D eigenvalue weighted by Gasteiger charge is -2.32. The second-order valence-electron chi connectivity index (χ2n) is 6.71. The summed E-state index contributed by atoms with van der Waals surface area (Å²) >= 11 is 0. The van der Waals surface area contributed by atoms with Gasteiger partial charge >= 0.3 is 0 Å². The zero-order valence-corrected chi connectivity index (χ0v) is 13.8. The number of ether oxygens (including phenoxy) is 1. The zero-order chi connectivity index (χ0) is 15.5. The molecule has 1 saturated carbocycles. The van der Waals surface area contributed by atoms with Crippen LogP contribution in [0.3, 0.4) is 0 Å². The van der Waals surface area contributed by atoms with Crippen molar-refractivity contribution in [2.24, 2.45) is 5.92 Å². The molecule has 5 heteroatoms. The molecular weight excluding hydrogens is 278 g/mol. The fraction of sp³-hybridized carbons (Fsp3) is 0.765. The van der Waals surface area contributed by atoms with Crippen molar-refractivity contribution in [1.82, 2.24) is 14.5 Å². The Balaban J connectivity index is 1.52. The van der Waals surface area contributed by atoms with E-state index in [1.807, 2.05) is 11.1 Å². The average molecular weight is 305 g/mol. The van der Waals surface area contributed by atoms with E-state index in [2.05, 4.69) is 16.5 Å². The minimum atomic E-state index is 0.234. The van der Waals surface area contributed by atoms with E-state index >= 15 is 0 Å². The molecule has 22 heavy (non-hydrogen) atoms. The highest BCUT2D eigenvalue weighted by atomic mass is 16.5. The third kappa shape index (κ3) is 3.51. The van der Waals surface area contributed by atoms with E-state index in [1.165, 1.54) is 24.4 Å². The first-order valence-electron chi connectivity index (χ1n) is 8.47. The van der Waals surface area contributed by atoms with Crippen LogP contribution in [0, 0.1) is 12.8 Å². The number of aromatic nitrogens is 2. The van der Waals surface area contributed by atoms with Gasteiger partial charge < -0.3 is 14.2 Å². The fourth-order valence-electron chi connectivity index (χ4n) is 3.36. The van der Waals surface area contributed by atoms with Gasteiger partial charge in [-0.15, -0.1) is 0 Å². The number of amides is 1. The molecule has 1 aliphatic heterocycles. The van der Waals surface area contributed by atoms with Crippen LogP contribution >= 0.6 is 0 Å². The molecule has 1 aromatic heterocycles. The monoisotopic (exact) mass is 305 g/mol. The third-order valence-corrected chi connectivity index (χ3v) is 4.96. The highest BCUT2D eigenvalue weighted by Crippen LogP contribution is 2.40. The van der Waals surface area contributed by atoms with Gasteiger partial charge in [0.2, 0.25) is 5.91 Å². The highest BCUT2D eigenvalue weighted by Gasteiger charge is 2.30. The molecule has 0 spiro atoms. The summed E-state index contributed by atoms with van der Waals surface area (Å²) in [5.41, 5.74) is 1.28. The van der Waals surface area contributed by atoms with Crippen molar-refractivity contribution in [2.45, 2.75) is 51.5 Å². The largest absolute Gasteiger partial charge is 0.384 e. The Bertz CT molecular complexity index is 514. The number of hydrogen-bond donors (Lipinski definition) is 0. The lowest BCUT2D eigenvalue weighted by Crippen LogP contribution is -2.39. The van der Waals surface area contributed by atoms with Crippen molar-refractivity contribution < 1.29 is 9.53 Å². The van der Waals surface area contributed by atoms with Crippen LogP contribution in [0.25, 0.3) is 0 Å². The minimum absolute atomic E-state index is 0.234. The maximum Gasteiger partial charge on any atom is 0.224 e. The number of carbonyl (C=O) groups is 1. The summed E-state index contributed by atoms with van der Waals surface area (Å²) in [4.78, 5) is 18.6. The Morgan fingerprint density at radius 2 is 2.05 bits per heavy atom. The molecule has 1 aliphatic carbocycles. The number of likely N-dealkylation sites (tertiary alicyclic amines) is 1. The van der Waals surface area contributed by atoms with Gasteiger partial charge in [0.15, 0.2) is 0 Å². The summed E-state index contributed by atoms with van der Waals surface area (Å²) in [7, 11) is 1.64. The number of methoxy groups -OCH3 is 1. The van der Waals surface area contributed by atoms with E-state index in [0.29, 0.717) is 24.9 Å². The Kier molecular flexibility index (Phi) is 4.81. The summed E-state index contributed by atoms with van der Waals surface area (Å²) in [5.74, 6) is 2.88. The first kappa shape index (κ1) is 15.5. The van der Waals surface area contributed by atoms with E-state index in [1.54, 1.807) is 7.11 Å². The van der Waals surface area contributed by atoms with Crippen LogP contribution in [0.15, 0.2) is 6.20 Å². The van der Waals surface area contributed by atoms with Gasteiger partial charge in [0, 0.05) is 44.6 Å². The van der Waals surface area contributed by atoms with Crippen LogP contribution < -0.4 is 0 Å². The summed E-state index contributed by atoms with van der Waals surface area (Å²) < 4.78 is 7.41. The smallest absolute Gasteiger partial charge is 0.224 e. The first-order chi connectivity index (χ1) is 10.7. The van der Waals surface area contributed by atoms with Crippen LogP contribution in [-0.2, 0) is 16.1 Å². The van der Waals surface area contributed by atoms with Crippen molar-refractivity contribution in [3.05, 3.63) is 17.7 Å². The van der Waals surface area contributed by atoms with E-state index in [-0.39, 0.29) is 5.91 Å². The van der Waals surface area contributed by atoms with Gasteiger partial charge in [-0.3, -0.25) is 4.79 Å². The average Bonchev–Trinajstić information content (AvgIpc) is 3.31. The second kappa shape index (κ2) is 6.82. The topological polar surface area (TPSA) is 47.4 Å². The highest BCUT2D eigenvalue weighted by molar-refractivity contribution is 5.76. The summed E-state index contributed by atoms with van der Waals surface area (Å²) in [6.45, 7) is 5.53. The second-order valence-corrected chi connectivity index (χ2v) is 6.71. The summed E-state index contributed by atoms with van der Waals surface area (Å²) in [6.07, 6.45) is 7.30. The number of hydrogen-bond acceptors (Lipinski definition) is 3. The van der Waals surface area contributed by atoms with Crippen LogP contribution in [0.5, 0.6) is 0 Å². The maximum atomic E-state index is 12.0. The van der Waals surface area contributed by atoms with Crippen LogP contribution in [0.1, 0.15) is 49.5 Å². The Morgan fingerprint density at radius 1 is 1.32 bits per heavy atom. The van der Waals surface area contributed by atoms with E-state index in [4.69, 9.17) is 4.74 Å². The first-order valence-corrected chi connectivity index (χ1v) is 8.47. The van der Waals surface area contributed by atoms with Gasteiger partial charge in [-0.1, -0.05) is 0 Å². The van der Waals surface area contributed by atoms with Crippen molar-refractivity contribution in [3.63, 3.8) is 0 Å². The minimum Gasteiger partial charge on any atom is -0.384 e. The standard InChI is InChI=1S/C17H27N3O2/c1-13-11-18-17(15-3-4-15)20(13)12-14-5-8-19(9-6-14)16(21)7-10-22-2/h11,14-15H,3-10,12H2,1-2H3. The van der Waals surface area contributed by atoms with Gasteiger partial charge in [0.05, 0.1) is 13.0 Å². The van der Waals surface area contributed by atoms with E-state index in [0.717, 1.165) is 32.5 Å². The lowest BCUT2D eigenvalue weighted by atomic mass is 9.96. The number of nitrogens with zero attached hydrogens (tertiary/aromatic N) is 3. The predicted octanol–water partition coefficient (Wildman–Crippen LogP) is 2.34. The molecule has 5 nitrogen and oxygen atoms in total. The molecule has 0 N–H and O–H groups in total. The Hall–Kier alpha value is -1.36. The van der Waals surface area contributed by atoms with Gasteiger partial charge in [-0.25, -0.2) is 4.98 Å². The molecule has 0 unspecified atom stereocenters. The van der Waals surface area contributed by atoms with Crippen molar-refractivity contribution >= 4 is 5.91 Å². The molecule has 2 heterocycles. The molecule has 2 fully saturated rings. The molecule has 0 bridgehead atoms. The number of rotatable bonds is 6. The predicted molar refractivity (Wildman–Crippen MR) is 84.7 cm³/mol.